The molecule has 0 radical (unpaired) electrons. The quantitative estimate of drug-likeness (QED) is 0.752. The first-order valence-corrected chi connectivity index (χ1v) is 9.72. The van der Waals surface area contributed by atoms with Crippen LogP contribution in [-0.2, 0) is 16.4 Å². The van der Waals surface area contributed by atoms with E-state index in [1.54, 1.807) is 0 Å². The van der Waals surface area contributed by atoms with E-state index in [1.807, 2.05) is 0 Å². The summed E-state index contributed by atoms with van der Waals surface area (Å²) >= 11 is 5.74. The number of sulfonamides is 1. The van der Waals surface area contributed by atoms with E-state index < -0.39 is 45.3 Å². The largest absolute Gasteiger partial charge is 0.282 e. The van der Waals surface area contributed by atoms with Crippen molar-refractivity contribution in [3.05, 3.63) is 46.7 Å². The van der Waals surface area contributed by atoms with Gasteiger partial charge < -0.3 is 0 Å². The van der Waals surface area contributed by atoms with Crippen LogP contribution in [0.1, 0.15) is 31.1 Å². The maximum absolute atomic E-state index is 14.5. The Labute approximate surface area is 158 Å². The van der Waals surface area contributed by atoms with Crippen LogP contribution in [0.3, 0.4) is 0 Å². The lowest BCUT2D eigenvalue weighted by molar-refractivity contribution is -0.107. The van der Waals surface area contributed by atoms with Crippen molar-refractivity contribution < 1.29 is 26.0 Å². The molecule has 27 heavy (non-hydrogen) atoms. The summed E-state index contributed by atoms with van der Waals surface area (Å²) in [5.74, 6) is -7.21. The summed E-state index contributed by atoms with van der Waals surface area (Å²) in [7, 11) is -4.69. The molecule has 11 heteroatoms. The van der Waals surface area contributed by atoms with Crippen molar-refractivity contribution in [2.24, 2.45) is 0 Å². The lowest BCUT2D eigenvalue weighted by atomic mass is 9.90. The average Bonchev–Trinajstić information content (AvgIpc) is 2.99. The molecule has 1 aromatic heterocycles. The fraction of sp³-hybridized carbons (Fsp3) is 0.438. The number of alkyl halides is 4. The molecule has 148 valence electrons. The van der Waals surface area contributed by atoms with Crippen LogP contribution < -0.4 is 0 Å². The van der Waals surface area contributed by atoms with Gasteiger partial charge in [-0.1, -0.05) is 11.6 Å². The van der Waals surface area contributed by atoms with Crippen LogP contribution in [-0.4, -0.2) is 40.8 Å². The monoisotopic (exact) mass is 425 g/mol. The number of aromatic nitrogens is 2. The molecule has 2 unspecified atom stereocenters. The lowest BCUT2D eigenvalue weighted by Gasteiger charge is -2.44. The summed E-state index contributed by atoms with van der Waals surface area (Å²) in [5.41, 5.74) is -0.0591. The minimum Gasteiger partial charge on any atom is -0.282 e. The smallest absolute Gasteiger partial charge is 0.265 e. The highest BCUT2D eigenvalue weighted by Crippen LogP contribution is 2.47. The first kappa shape index (κ1) is 20.1. The van der Waals surface area contributed by atoms with Crippen LogP contribution in [0.15, 0.2) is 35.4 Å². The van der Waals surface area contributed by atoms with Crippen LogP contribution in [0.25, 0.3) is 0 Å². The van der Waals surface area contributed by atoms with Crippen molar-refractivity contribution in [2.45, 2.75) is 49.1 Å². The van der Waals surface area contributed by atoms with E-state index in [4.69, 9.17) is 11.6 Å². The summed E-state index contributed by atoms with van der Waals surface area (Å²) in [6, 6.07) is 0.550. The molecule has 5 nitrogen and oxygen atoms in total. The van der Waals surface area contributed by atoms with E-state index in [-0.39, 0.29) is 20.6 Å². The van der Waals surface area contributed by atoms with Crippen LogP contribution >= 0.6 is 11.6 Å². The number of aromatic amines is 1. The Morgan fingerprint density at radius 2 is 1.74 bits per heavy atom. The SMILES string of the molecule is CC(F)(F)C1Cc2[nH]ncc2C(C(C)(F)F)N1S(=O)(=O)c1ccc(Cl)cc1. The van der Waals surface area contributed by atoms with Gasteiger partial charge in [0.25, 0.3) is 11.8 Å². The normalized spacial score (nSPS) is 21.9. The Morgan fingerprint density at radius 3 is 2.26 bits per heavy atom. The van der Waals surface area contributed by atoms with Gasteiger partial charge in [-0.05, 0) is 24.3 Å². The number of benzene rings is 1. The van der Waals surface area contributed by atoms with Crippen LogP contribution in [0.5, 0.6) is 0 Å². The second kappa shape index (κ2) is 6.46. The van der Waals surface area contributed by atoms with Gasteiger partial charge in [0.05, 0.1) is 17.1 Å². The van der Waals surface area contributed by atoms with Gasteiger partial charge in [0.1, 0.15) is 6.04 Å². The third kappa shape index (κ3) is 3.57. The van der Waals surface area contributed by atoms with Crippen molar-refractivity contribution in [3.63, 3.8) is 0 Å². The maximum atomic E-state index is 14.5. The van der Waals surface area contributed by atoms with Gasteiger partial charge in [-0.25, -0.2) is 26.0 Å². The number of halogens is 5. The van der Waals surface area contributed by atoms with Crippen molar-refractivity contribution in [2.75, 3.05) is 0 Å². The molecule has 1 aliphatic heterocycles. The Balaban J connectivity index is 2.25. The van der Waals surface area contributed by atoms with E-state index in [9.17, 15) is 26.0 Å². The summed E-state index contributed by atoms with van der Waals surface area (Å²) in [4.78, 5) is -0.401. The second-order valence-corrected chi connectivity index (χ2v) is 8.91. The highest BCUT2D eigenvalue weighted by atomic mass is 35.5. The molecule has 1 N–H and O–H groups in total. The number of hydrogen-bond donors (Lipinski definition) is 1. The molecule has 0 bridgehead atoms. The van der Waals surface area contributed by atoms with Gasteiger partial charge in [-0.2, -0.15) is 9.40 Å². The first-order valence-electron chi connectivity index (χ1n) is 7.90. The lowest BCUT2D eigenvalue weighted by Crippen LogP contribution is -2.57. The molecule has 2 aromatic rings. The predicted molar refractivity (Wildman–Crippen MR) is 90.5 cm³/mol. The number of H-pyrrole nitrogens is 1. The Morgan fingerprint density at radius 1 is 1.15 bits per heavy atom. The van der Waals surface area contributed by atoms with Gasteiger partial charge in [0.2, 0.25) is 10.0 Å². The van der Waals surface area contributed by atoms with E-state index in [2.05, 4.69) is 10.2 Å². The third-order valence-corrected chi connectivity index (χ3v) is 6.60. The zero-order chi connectivity index (χ0) is 20.2. The third-order valence-electron chi connectivity index (χ3n) is 4.46. The number of nitrogens with zero attached hydrogens (tertiary/aromatic N) is 2. The molecule has 1 aliphatic rings. The van der Waals surface area contributed by atoms with E-state index in [0.29, 0.717) is 13.8 Å². The molecule has 0 amide bonds. The highest BCUT2D eigenvalue weighted by Gasteiger charge is 2.57. The topological polar surface area (TPSA) is 66.1 Å². The molecule has 3 rings (SSSR count). The standard InChI is InChI=1S/C16H16ClF4N3O2S/c1-15(18,19)13-7-12-11(8-22-23-12)14(16(2,20)21)24(13)27(25,26)10-5-3-9(17)4-6-10/h3-6,8,13-14H,7H2,1-2H3,(H,22,23). The molecule has 0 aliphatic carbocycles. The van der Waals surface area contributed by atoms with Gasteiger partial charge in [-0.15, -0.1) is 0 Å². The molecular weight excluding hydrogens is 410 g/mol. The zero-order valence-corrected chi connectivity index (χ0v) is 15.8. The van der Waals surface area contributed by atoms with Crippen LogP contribution in [0.2, 0.25) is 5.02 Å². The number of rotatable bonds is 4. The van der Waals surface area contributed by atoms with Crippen molar-refractivity contribution in [1.82, 2.24) is 14.5 Å². The van der Waals surface area contributed by atoms with Crippen molar-refractivity contribution >= 4 is 21.6 Å². The molecule has 0 fully saturated rings. The van der Waals surface area contributed by atoms with Crippen LogP contribution in [0.4, 0.5) is 17.6 Å². The fourth-order valence-corrected chi connectivity index (χ4v) is 5.28. The average molecular weight is 426 g/mol. The molecule has 2 heterocycles. The summed E-state index contributed by atoms with van der Waals surface area (Å²) in [6.07, 6.45) is 0.573. The number of nitrogens with one attached hydrogen (secondary N) is 1. The van der Waals surface area contributed by atoms with Crippen molar-refractivity contribution in [3.8, 4) is 0 Å². The van der Waals surface area contributed by atoms with E-state index in [1.165, 1.54) is 12.1 Å². The molecule has 0 saturated heterocycles. The Kier molecular flexibility index (Phi) is 4.80. The summed E-state index contributed by atoms with van der Waals surface area (Å²) in [5, 5.41) is 6.29. The predicted octanol–water partition coefficient (Wildman–Crippen LogP) is 4.03. The van der Waals surface area contributed by atoms with E-state index in [0.717, 1.165) is 18.3 Å². The second-order valence-electron chi connectivity index (χ2n) is 6.63. The number of fused-ring (bicyclic) bond motifs is 1. The van der Waals surface area contributed by atoms with E-state index >= 15 is 0 Å². The molecule has 1 aromatic carbocycles. The molecule has 2 atom stereocenters. The first-order chi connectivity index (χ1) is 12.3. The maximum Gasteiger partial charge on any atom is 0.265 e. The highest BCUT2D eigenvalue weighted by molar-refractivity contribution is 7.89. The van der Waals surface area contributed by atoms with Gasteiger partial charge in [-0.3, -0.25) is 5.10 Å². The Bertz CT molecular complexity index is 936. The summed E-state index contributed by atoms with van der Waals surface area (Å²) < 4.78 is 84.1. The molecule has 0 spiro atoms. The Hall–Kier alpha value is -1.65. The zero-order valence-electron chi connectivity index (χ0n) is 14.3. The van der Waals surface area contributed by atoms with Crippen LogP contribution in [0, 0.1) is 0 Å². The fourth-order valence-electron chi connectivity index (χ4n) is 3.26. The van der Waals surface area contributed by atoms with Gasteiger partial charge in [0, 0.05) is 36.5 Å². The molecule has 0 saturated carbocycles. The van der Waals surface area contributed by atoms with Gasteiger partial charge in [0.15, 0.2) is 0 Å². The van der Waals surface area contributed by atoms with Gasteiger partial charge >= 0.3 is 0 Å². The summed E-state index contributed by atoms with van der Waals surface area (Å²) in [6.45, 7) is 1.00. The van der Waals surface area contributed by atoms with Crippen molar-refractivity contribution in [1.29, 1.82) is 0 Å². The minimum atomic E-state index is -4.69. The number of hydrogen-bond acceptors (Lipinski definition) is 3. The minimum absolute atomic E-state index is 0.0654. The molecular formula is C16H16ClF4N3O2S.